The highest BCUT2D eigenvalue weighted by Gasteiger charge is 2.72. The molecule has 1 aromatic carbocycles. The lowest BCUT2D eigenvalue weighted by Gasteiger charge is -2.64. The number of esters is 1. The van der Waals surface area contributed by atoms with Crippen molar-refractivity contribution in [2.45, 2.75) is 93.9 Å². The predicted octanol–water partition coefficient (Wildman–Crippen LogP) is 2.65. The van der Waals surface area contributed by atoms with Crippen LogP contribution in [0.5, 0.6) is 11.5 Å². The Morgan fingerprint density at radius 1 is 1.26 bits per heavy atom. The first-order chi connectivity index (χ1) is 16.5. The number of aromatic hydroxyl groups is 1. The van der Waals surface area contributed by atoms with E-state index in [-0.39, 0.29) is 29.9 Å². The van der Waals surface area contributed by atoms with Crippen molar-refractivity contribution in [3.05, 3.63) is 23.3 Å². The fraction of sp³-hybridized carbons (Fsp3) is 0.741. The summed E-state index contributed by atoms with van der Waals surface area (Å²) in [5, 5.41) is 26.9. The average Bonchev–Trinajstić information content (AvgIpc) is 3.55. The number of hydrogen-bond acceptors (Lipinski definition) is 7. The van der Waals surface area contributed by atoms with Crippen LogP contribution in [0.1, 0.15) is 69.4 Å². The summed E-state index contributed by atoms with van der Waals surface area (Å²) < 4.78 is 11.6. The fourth-order valence-corrected chi connectivity index (χ4v) is 7.61. The summed E-state index contributed by atoms with van der Waals surface area (Å²) in [6.07, 6.45) is 7.85. The van der Waals surface area contributed by atoms with Crippen molar-refractivity contribution in [1.29, 1.82) is 0 Å². The van der Waals surface area contributed by atoms with Gasteiger partial charge in [-0.15, -0.1) is 0 Å². The van der Waals surface area contributed by atoms with Gasteiger partial charge in [0.2, 0.25) is 0 Å². The van der Waals surface area contributed by atoms with Gasteiger partial charge in [-0.05, 0) is 88.9 Å². The maximum atomic E-state index is 12.5. The van der Waals surface area contributed by atoms with Gasteiger partial charge in [-0.1, -0.05) is 6.07 Å². The highest BCUT2D eigenvalue weighted by atomic mass is 16.5. The number of carbonyl (C=O) groups excluding carboxylic acids is 1. The highest BCUT2D eigenvalue weighted by Crippen LogP contribution is 2.65. The van der Waals surface area contributed by atoms with Gasteiger partial charge in [0.1, 0.15) is 6.10 Å². The quantitative estimate of drug-likeness (QED) is 0.378. The van der Waals surface area contributed by atoms with Crippen LogP contribution in [0.15, 0.2) is 12.1 Å². The Morgan fingerprint density at radius 3 is 2.91 bits per heavy atom. The zero-order valence-corrected chi connectivity index (χ0v) is 20.2. The summed E-state index contributed by atoms with van der Waals surface area (Å²) in [6.45, 7) is 5.13. The number of likely N-dealkylation sites (tertiary alicyclic amines) is 1. The van der Waals surface area contributed by atoms with Gasteiger partial charge < -0.3 is 25.0 Å². The van der Waals surface area contributed by atoms with Crippen LogP contribution in [-0.4, -0.2) is 71.1 Å². The third-order valence-corrected chi connectivity index (χ3v) is 9.28. The Balaban J connectivity index is 1.24. The van der Waals surface area contributed by atoms with E-state index in [1.54, 1.807) is 6.07 Å². The van der Waals surface area contributed by atoms with Crippen LogP contribution in [0.3, 0.4) is 0 Å². The van der Waals surface area contributed by atoms with Crippen molar-refractivity contribution in [3.8, 4) is 11.5 Å². The Kier molecular flexibility index (Phi) is 5.58. The Morgan fingerprint density at radius 2 is 2.12 bits per heavy atom. The molecule has 0 amide bonds. The number of piperidine rings is 1. The van der Waals surface area contributed by atoms with Gasteiger partial charge in [-0.2, -0.15) is 0 Å². The van der Waals surface area contributed by atoms with Gasteiger partial charge in [-0.25, -0.2) is 0 Å². The molecular formula is C27H38N2O5. The third kappa shape index (κ3) is 3.30. The molecule has 1 aromatic rings. The van der Waals surface area contributed by atoms with Crippen molar-refractivity contribution >= 4 is 5.97 Å². The standard InChI is InChI=1S/C27H38N2O5/c1-2-33-22(31)5-3-4-13-28-19-10-11-27(32)21-15-18-8-9-20(30)24-23(18)26(27,25(19)34-24)12-14-29(21)16-17-6-7-17/h8-9,17,19,21,25,28,30,32H,2-7,10-16H2,1H3/t19?,21-,25?,26+,27-/m1/s1. The molecule has 3 N–H and O–H groups in total. The predicted molar refractivity (Wildman–Crippen MR) is 127 cm³/mol. The fourth-order valence-electron chi connectivity index (χ4n) is 7.61. The number of aliphatic hydroxyl groups is 1. The van der Waals surface area contributed by atoms with Crippen molar-refractivity contribution in [2.75, 3.05) is 26.2 Å². The summed E-state index contributed by atoms with van der Waals surface area (Å²) in [5.41, 5.74) is 1.01. The van der Waals surface area contributed by atoms with Crippen LogP contribution in [0.2, 0.25) is 0 Å². The molecule has 2 bridgehead atoms. The van der Waals surface area contributed by atoms with Crippen LogP contribution in [0, 0.1) is 5.92 Å². The summed E-state index contributed by atoms with van der Waals surface area (Å²) in [4.78, 5) is 14.2. The molecular weight excluding hydrogens is 432 g/mol. The van der Waals surface area contributed by atoms with Gasteiger partial charge in [0.05, 0.1) is 17.6 Å². The van der Waals surface area contributed by atoms with Crippen molar-refractivity contribution in [2.24, 2.45) is 5.92 Å². The first kappa shape index (κ1) is 22.6. The number of carbonyl (C=O) groups is 1. The minimum absolute atomic E-state index is 0.108. The zero-order valence-electron chi connectivity index (χ0n) is 20.2. The van der Waals surface area contributed by atoms with Crippen LogP contribution in [0.4, 0.5) is 0 Å². The lowest BCUT2D eigenvalue weighted by atomic mass is 9.48. The van der Waals surface area contributed by atoms with E-state index in [9.17, 15) is 15.0 Å². The van der Waals surface area contributed by atoms with Crippen molar-refractivity contribution < 1.29 is 24.5 Å². The number of unbranched alkanes of at least 4 members (excludes halogenated alkanes) is 1. The van der Waals surface area contributed by atoms with E-state index in [1.165, 1.54) is 18.4 Å². The van der Waals surface area contributed by atoms with Gasteiger partial charge in [0.25, 0.3) is 0 Å². The Labute approximate surface area is 201 Å². The molecule has 7 nitrogen and oxygen atoms in total. The largest absolute Gasteiger partial charge is 0.504 e. The van der Waals surface area contributed by atoms with Gasteiger partial charge in [0, 0.05) is 30.6 Å². The summed E-state index contributed by atoms with van der Waals surface area (Å²) in [5.74, 6) is 1.45. The monoisotopic (exact) mass is 470 g/mol. The van der Waals surface area contributed by atoms with E-state index < -0.39 is 11.0 Å². The lowest BCUT2D eigenvalue weighted by Crippen LogP contribution is -2.78. The molecule has 2 unspecified atom stereocenters. The maximum Gasteiger partial charge on any atom is 0.305 e. The normalized spacial score (nSPS) is 35.5. The molecule has 0 radical (unpaired) electrons. The molecule has 6 rings (SSSR count). The molecule has 2 aliphatic heterocycles. The molecule has 1 saturated heterocycles. The summed E-state index contributed by atoms with van der Waals surface area (Å²) in [7, 11) is 0. The van der Waals surface area contributed by atoms with Crippen molar-refractivity contribution in [1.82, 2.24) is 10.2 Å². The van der Waals surface area contributed by atoms with Gasteiger partial charge >= 0.3 is 5.97 Å². The van der Waals surface area contributed by atoms with Gasteiger partial charge in [0.15, 0.2) is 11.5 Å². The number of phenolic OH excluding ortho intramolecular Hbond substituents is 1. The van der Waals surface area contributed by atoms with E-state index >= 15 is 0 Å². The number of hydrogen-bond donors (Lipinski definition) is 3. The first-order valence-corrected chi connectivity index (χ1v) is 13.4. The number of ether oxygens (including phenoxy) is 2. The minimum atomic E-state index is -0.834. The second kappa shape index (κ2) is 8.38. The molecule has 2 saturated carbocycles. The molecule has 3 aliphatic carbocycles. The van der Waals surface area contributed by atoms with E-state index in [4.69, 9.17) is 9.47 Å². The third-order valence-electron chi connectivity index (χ3n) is 9.28. The zero-order chi connectivity index (χ0) is 23.5. The van der Waals surface area contributed by atoms with E-state index in [1.807, 2.05) is 6.92 Å². The van der Waals surface area contributed by atoms with E-state index in [2.05, 4.69) is 16.3 Å². The number of nitrogens with zero attached hydrogens (tertiary/aromatic N) is 1. The number of nitrogens with one attached hydrogen (secondary N) is 1. The summed E-state index contributed by atoms with van der Waals surface area (Å²) in [6, 6.07) is 4.05. The molecule has 0 aromatic heterocycles. The first-order valence-electron chi connectivity index (χ1n) is 13.4. The van der Waals surface area contributed by atoms with Crippen molar-refractivity contribution in [3.63, 3.8) is 0 Å². The summed E-state index contributed by atoms with van der Waals surface area (Å²) >= 11 is 0. The second-order valence-electron chi connectivity index (χ2n) is 11.2. The van der Waals surface area contributed by atoms with Crippen LogP contribution in [0.25, 0.3) is 0 Å². The topological polar surface area (TPSA) is 91.3 Å². The van der Waals surface area contributed by atoms with E-state index in [0.29, 0.717) is 18.8 Å². The molecule has 5 aliphatic rings. The van der Waals surface area contributed by atoms with Crippen LogP contribution < -0.4 is 10.1 Å². The number of rotatable bonds is 9. The Hall–Kier alpha value is -1.83. The highest BCUT2D eigenvalue weighted by molar-refractivity contribution is 5.69. The molecule has 1 spiro atoms. The van der Waals surface area contributed by atoms with Crippen LogP contribution in [-0.2, 0) is 21.4 Å². The number of benzene rings is 1. The SMILES string of the molecule is CCOC(=O)CCCCNC1CC[C@@]2(O)[C@H]3Cc4ccc(O)c5c4[C@@]2(CCN3CC2CC2)C1O5. The van der Waals surface area contributed by atoms with E-state index in [0.717, 1.165) is 69.6 Å². The maximum absolute atomic E-state index is 12.5. The molecule has 186 valence electrons. The molecule has 3 fully saturated rings. The molecule has 5 atom stereocenters. The molecule has 7 heteroatoms. The Bertz CT molecular complexity index is 965. The molecule has 2 heterocycles. The van der Waals surface area contributed by atoms with Gasteiger partial charge in [-0.3, -0.25) is 9.69 Å². The minimum Gasteiger partial charge on any atom is -0.504 e. The second-order valence-corrected chi connectivity index (χ2v) is 11.2. The number of phenols is 1. The smallest absolute Gasteiger partial charge is 0.305 e. The average molecular weight is 471 g/mol. The lowest BCUT2D eigenvalue weighted by molar-refractivity contribution is -0.191. The molecule has 34 heavy (non-hydrogen) atoms. The van der Waals surface area contributed by atoms with Crippen LogP contribution >= 0.6 is 0 Å².